The van der Waals surface area contributed by atoms with E-state index in [1.54, 1.807) is 4.80 Å². The van der Waals surface area contributed by atoms with E-state index in [0.717, 1.165) is 55.8 Å². The highest BCUT2D eigenvalue weighted by Gasteiger charge is 2.41. The van der Waals surface area contributed by atoms with E-state index >= 15 is 0 Å². The zero-order valence-corrected chi connectivity index (χ0v) is 29.5. The Bertz CT molecular complexity index is 2450. The van der Waals surface area contributed by atoms with Crippen molar-refractivity contribution in [1.29, 1.82) is 0 Å². The molecule has 0 saturated carbocycles. The molecule has 7 heteroatoms. The van der Waals surface area contributed by atoms with Crippen molar-refractivity contribution in [2.24, 2.45) is 0 Å². The molecular formula is C46H37N5O2. The summed E-state index contributed by atoms with van der Waals surface area (Å²) in [5.41, 5.74) is 9.56. The first-order chi connectivity index (χ1) is 26.0. The number of aromatic carboxylic acids is 1. The molecule has 0 aliphatic heterocycles. The molecule has 0 fully saturated rings. The van der Waals surface area contributed by atoms with Gasteiger partial charge < -0.3 is 5.11 Å². The maximum absolute atomic E-state index is 12.7. The highest BCUT2D eigenvalue weighted by atomic mass is 16.4. The Morgan fingerprint density at radius 2 is 1.26 bits per heavy atom. The summed E-state index contributed by atoms with van der Waals surface area (Å²) in [6.45, 7) is 3.99. The maximum atomic E-state index is 12.7. The Labute approximate surface area is 308 Å². The molecule has 258 valence electrons. The van der Waals surface area contributed by atoms with Gasteiger partial charge in [-0.1, -0.05) is 158 Å². The molecule has 6 aromatic carbocycles. The van der Waals surface area contributed by atoms with Crippen molar-refractivity contribution in [3.8, 4) is 22.5 Å². The highest BCUT2D eigenvalue weighted by Crippen LogP contribution is 2.40. The summed E-state index contributed by atoms with van der Waals surface area (Å²) in [6.07, 6.45) is 1.10. The fourth-order valence-electron chi connectivity index (χ4n) is 7.48. The van der Waals surface area contributed by atoms with E-state index < -0.39 is 11.5 Å². The zero-order chi connectivity index (χ0) is 36.4. The molecule has 0 aliphatic rings. The monoisotopic (exact) mass is 691 g/mol. The van der Waals surface area contributed by atoms with Gasteiger partial charge in [0.25, 0.3) is 0 Å². The van der Waals surface area contributed by atoms with Crippen LogP contribution in [0.2, 0.25) is 0 Å². The van der Waals surface area contributed by atoms with Gasteiger partial charge in [0.2, 0.25) is 5.82 Å². The average Bonchev–Trinajstić information content (AvgIpc) is 3.70. The number of fused-ring (bicyclic) bond motifs is 1. The van der Waals surface area contributed by atoms with E-state index in [9.17, 15) is 9.90 Å². The smallest absolute Gasteiger partial charge is 0.336 e. The molecular weight excluding hydrogens is 655 g/mol. The Morgan fingerprint density at radius 3 is 1.83 bits per heavy atom. The molecule has 8 rings (SSSR count). The Morgan fingerprint density at radius 1 is 0.698 bits per heavy atom. The van der Waals surface area contributed by atoms with Crippen LogP contribution in [0.4, 0.5) is 0 Å². The van der Waals surface area contributed by atoms with Crippen molar-refractivity contribution in [2.75, 3.05) is 0 Å². The standard InChI is InChI=1S/C46H37N5O2/c1-3-41-40(43(45(52)53)39-29-31(2)23-28-42(39)47-41)30-32-24-26-33(27-25-32)37-21-13-14-22-38(37)44-48-50-51(49-44)46(34-15-7-4-8-16-34,35-17-9-5-10-18-35)36-19-11-6-12-20-36/h4-29H,3,30H2,1-2H3,(H,52,53). The van der Waals surface area contributed by atoms with Crippen LogP contribution in [0.25, 0.3) is 33.4 Å². The van der Waals surface area contributed by atoms with Gasteiger partial charge in [0.1, 0.15) is 0 Å². The molecule has 0 amide bonds. The van der Waals surface area contributed by atoms with E-state index in [-0.39, 0.29) is 0 Å². The number of benzene rings is 6. The average molecular weight is 692 g/mol. The number of aryl methyl sites for hydroxylation is 2. The predicted molar refractivity (Wildman–Crippen MR) is 209 cm³/mol. The van der Waals surface area contributed by atoms with Crippen molar-refractivity contribution in [1.82, 2.24) is 25.2 Å². The fourth-order valence-corrected chi connectivity index (χ4v) is 7.48. The van der Waals surface area contributed by atoms with E-state index in [2.05, 4.69) is 66.7 Å². The van der Waals surface area contributed by atoms with Crippen LogP contribution >= 0.6 is 0 Å². The molecule has 1 N–H and O–H groups in total. The quantitative estimate of drug-likeness (QED) is 0.144. The van der Waals surface area contributed by atoms with Gasteiger partial charge in [0.05, 0.1) is 11.1 Å². The fraction of sp³-hybridized carbons (Fsp3) is 0.109. The van der Waals surface area contributed by atoms with Crippen molar-refractivity contribution in [2.45, 2.75) is 32.2 Å². The number of hydrogen-bond donors (Lipinski definition) is 1. The van der Waals surface area contributed by atoms with Crippen molar-refractivity contribution >= 4 is 16.9 Å². The first kappa shape index (κ1) is 33.4. The Balaban J connectivity index is 1.19. The highest BCUT2D eigenvalue weighted by molar-refractivity contribution is 6.04. The first-order valence-corrected chi connectivity index (χ1v) is 17.8. The van der Waals surface area contributed by atoms with Crippen LogP contribution in [0.1, 0.15) is 56.4 Å². The van der Waals surface area contributed by atoms with E-state index in [1.165, 1.54) is 0 Å². The number of aromatic nitrogens is 5. The molecule has 0 saturated heterocycles. The second-order valence-electron chi connectivity index (χ2n) is 13.2. The zero-order valence-electron chi connectivity index (χ0n) is 29.5. The van der Waals surface area contributed by atoms with E-state index in [0.29, 0.717) is 35.1 Å². The second kappa shape index (κ2) is 14.1. The Kier molecular flexibility index (Phi) is 8.90. The molecule has 53 heavy (non-hydrogen) atoms. The van der Waals surface area contributed by atoms with Gasteiger partial charge in [-0.05, 0) is 69.6 Å². The third-order valence-electron chi connectivity index (χ3n) is 9.98. The summed E-state index contributed by atoms with van der Waals surface area (Å²) in [5, 5.41) is 25.7. The molecule has 0 radical (unpaired) electrons. The third-order valence-corrected chi connectivity index (χ3v) is 9.98. The lowest BCUT2D eigenvalue weighted by Crippen LogP contribution is -2.39. The van der Waals surface area contributed by atoms with E-state index in [4.69, 9.17) is 20.4 Å². The normalized spacial score (nSPS) is 11.5. The predicted octanol–water partition coefficient (Wildman–Crippen LogP) is 9.56. The first-order valence-electron chi connectivity index (χ1n) is 17.8. The molecule has 7 nitrogen and oxygen atoms in total. The SMILES string of the molecule is CCc1nc2ccc(C)cc2c(C(=O)O)c1Cc1ccc(-c2ccccc2-c2nnn(C(c3ccccc3)(c3ccccc3)c3ccccc3)n2)cc1. The molecule has 8 aromatic rings. The number of nitrogens with zero attached hydrogens (tertiary/aromatic N) is 5. The number of rotatable bonds is 10. The number of carboxylic acid groups (broad SMARTS) is 1. The number of hydrogen-bond acceptors (Lipinski definition) is 5. The van der Waals surface area contributed by atoms with Gasteiger partial charge in [0, 0.05) is 23.1 Å². The van der Waals surface area contributed by atoms with E-state index in [1.807, 2.05) is 105 Å². The summed E-state index contributed by atoms with van der Waals surface area (Å²) >= 11 is 0. The molecule has 0 atom stereocenters. The molecule has 0 bridgehead atoms. The molecule has 2 heterocycles. The van der Waals surface area contributed by atoms with Crippen LogP contribution in [0.5, 0.6) is 0 Å². The van der Waals surface area contributed by atoms with Crippen molar-refractivity contribution in [3.05, 3.63) is 202 Å². The van der Waals surface area contributed by atoms with Crippen LogP contribution < -0.4 is 0 Å². The molecule has 2 aromatic heterocycles. The lowest BCUT2D eigenvalue weighted by molar-refractivity contribution is 0.0697. The van der Waals surface area contributed by atoms with Gasteiger partial charge in [-0.15, -0.1) is 15.0 Å². The van der Waals surface area contributed by atoms with Crippen molar-refractivity contribution < 1.29 is 9.90 Å². The van der Waals surface area contributed by atoms with Gasteiger partial charge >= 0.3 is 5.97 Å². The lowest BCUT2D eigenvalue weighted by Gasteiger charge is -2.34. The second-order valence-corrected chi connectivity index (χ2v) is 13.2. The summed E-state index contributed by atoms with van der Waals surface area (Å²) in [7, 11) is 0. The summed E-state index contributed by atoms with van der Waals surface area (Å²) in [4.78, 5) is 19.3. The summed E-state index contributed by atoms with van der Waals surface area (Å²) in [5.74, 6) is -0.428. The Hall–Kier alpha value is -6.73. The molecule has 0 unspecified atom stereocenters. The largest absolute Gasteiger partial charge is 0.478 e. The van der Waals surface area contributed by atoms with Crippen molar-refractivity contribution in [3.63, 3.8) is 0 Å². The summed E-state index contributed by atoms with van der Waals surface area (Å²) in [6, 6.07) is 53.1. The lowest BCUT2D eigenvalue weighted by atomic mass is 9.77. The van der Waals surface area contributed by atoms with Gasteiger partial charge in [0.15, 0.2) is 5.54 Å². The number of carboxylic acids is 1. The van der Waals surface area contributed by atoms with Crippen LogP contribution in [-0.4, -0.2) is 36.3 Å². The van der Waals surface area contributed by atoms with Crippen LogP contribution in [0, 0.1) is 6.92 Å². The van der Waals surface area contributed by atoms with Gasteiger partial charge in [-0.2, -0.15) is 0 Å². The number of pyridine rings is 1. The topological polar surface area (TPSA) is 93.8 Å². The van der Waals surface area contributed by atoms with Crippen LogP contribution in [0.3, 0.4) is 0 Å². The minimum atomic E-state index is -0.936. The van der Waals surface area contributed by atoms with Crippen LogP contribution in [0.15, 0.2) is 158 Å². The van der Waals surface area contributed by atoms with Gasteiger partial charge in [-0.3, -0.25) is 4.98 Å². The van der Waals surface area contributed by atoms with Crippen LogP contribution in [-0.2, 0) is 18.4 Å². The third kappa shape index (κ3) is 6.06. The molecule has 0 aliphatic carbocycles. The maximum Gasteiger partial charge on any atom is 0.336 e. The number of tetrazole rings is 1. The van der Waals surface area contributed by atoms with Gasteiger partial charge in [-0.25, -0.2) is 4.79 Å². The molecule has 0 spiro atoms. The summed E-state index contributed by atoms with van der Waals surface area (Å²) < 4.78 is 0. The minimum absolute atomic E-state index is 0.330. The minimum Gasteiger partial charge on any atom is -0.478 e. The number of carbonyl (C=O) groups is 1.